The van der Waals surface area contributed by atoms with Gasteiger partial charge in [0.05, 0.1) is 5.00 Å². The van der Waals surface area contributed by atoms with Crippen LogP contribution in [-0.4, -0.2) is 0 Å². The fourth-order valence-electron chi connectivity index (χ4n) is 2.77. The average Bonchev–Trinajstić information content (AvgIpc) is 2.87. The third-order valence-electron chi connectivity index (χ3n) is 4.40. The number of nitrogens with one attached hydrogen (secondary N) is 1. The second-order valence-corrected chi connectivity index (χ2v) is 9.65. The van der Waals surface area contributed by atoms with Gasteiger partial charge in [0.2, 0.25) is 0 Å². The molecule has 0 radical (unpaired) electrons. The molecule has 0 unspecified atom stereocenters. The lowest BCUT2D eigenvalue weighted by atomic mass is 9.87. The molecule has 2 heteroatoms. The Kier molecular flexibility index (Phi) is 4.21. The molecule has 0 spiro atoms. The Morgan fingerprint density at radius 1 is 0.708 bits per heavy atom. The lowest BCUT2D eigenvalue weighted by Gasteiger charge is -2.19. The summed E-state index contributed by atoms with van der Waals surface area (Å²) in [5.74, 6) is 0. The van der Waals surface area contributed by atoms with Crippen LogP contribution in [0.5, 0.6) is 0 Å². The minimum atomic E-state index is 0.187. The van der Waals surface area contributed by atoms with E-state index in [9.17, 15) is 0 Å². The fraction of sp³-hybridized carbons (Fsp3) is 0.364. The molecule has 0 aliphatic heterocycles. The summed E-state index contributed by atoms with van der Waals surface area (Å²) >= 11 is 1.81. The van der Waals surface area contributed by atoms with E-state index in [1.165, 1.54) is 26.2 Å². The Labute approximate surface area is 149 Å². The van der Waals surface area contributed by atoms with E-state index in [1.54, 1.807) is 0 Å². The number of benzene rings is 2. The first-order valence-corrected chi connectivity index (χ1v) is 9.36. The highest BCUT2D eigenvalue weighted by Gasteiger charge is 2.15. The van der Waals surface area contributed by atoms with Gasteiger partial charge >= 0.3 is 0 Å². The number of thiophene rings is 1. The third kappa shape index (κ3) is 3.64. The molecule has 3 rings (SSSR count). The maximum absolute atomic E-state index is 3.55. The molecule has 0 aliphatic carbocycles. The second-order valence-electron chi connectivity index (χ2n) is 8.57. The summed E-state index contributed by atoms with van der Waals surface area (Å²) in [5, 5.41) is 6.06. The van der Waals surface area contributed by atoms with Crippen molar-refractivity contribution in [2.75, 3.05) is 5.32 Å². The summed E-state index contributed by atoms with van der Waals surface area (Å²) in [5.41, 5.74) is 4.27. The molecule has 0 aliphatic rings. The largest absolute Gasteiger partial charge is 0.347 e. The van der Waals surface area contributed by atoms with E-state index in [0.717, 1.165) is 5.69 Å². The molecule has 0 fully saturated rings. The lowest BCUT2D eigenvalue weighted by molar-refractivity contribution is 0.590. The Morgan fingerprint density at radius 2 is 1.29 bits per heavy atom. The minimum Gasteiger partial charge on any atom is -0.347 e. The van der Waals surface area contributed by atoms with Crippen LogP contribution in [0.1, 0.15) is 52.7 Å². The molecule has 126 valence electrons. The Morgan fingerprint density at radius 3 is 1.88 bits per heavy atom. The van der Waals surface area contributed by atoms with Crippen LogP contribution in [0.15, 0.2) is 48.5 Å². The average molecular weight is 338 g/mol. The number of anilines is 2. The predicted molar refractivity (Wildman–Crippen MR) is 109 cm³/mol. The van der Waals surface area contributed by atoms with Crippen molar-refractivity contribution >= 4 is 32.1 Å². The van der Waals surface area contributed by atoms with E-state index in [2.05, 4.69) is 95.4 Å². The van der Waals surface area contributed by atoms with E-state index in [-0.39, 0.29) is 10.8 Å². The first-order valence-electron chi connectivity index (χ1n) is 8.54. The van der Waals surface area contributed by atoms with Crippen molar-refractivity contribution in [1.82, 2.24) is 0 Å². The van der Waals surface area contributed by atoms with Crippen molar-refractivity contribution in [2.45, 2.75) is 52.4 Å². The molecule has 2 aromatic carbocycles. The summed E-state index contributed by atoms with van der Waals surface area (Å²) < 4.78 is 1.33. The Hall–Kier alpha value is -1.80. The zero-order valence-electron chi connectivity index (χ0n) is 15.5. The van der Waals surface area contributed by atoms with Crippen LogP contribution in [-0.2, 0) is 10.8 Å². The van der Waals surface area contributed by atoms with Gasteiger partial charge < -0.3 is 5.32 Å². The molecule has 24 heavy (non-hydrogen) atoms. The highest BCUT2D eigenvalue weighted by molar-refractivity contribution is 7.22. The van der Waals surface area contributed by atoms with Gasteiger partial charge in [-0.3, -0.25) is 0 Å². The third-order valence-corrected chi connectivity index (χ3v) is 5.43. The van der Waals surface area contributed by atoms with Gasteiger partial charge in [-0.15, -0.1) is 11.3 Å². The van der Waals surface area contributed by atoms with E-state index >= 15 is 0 Å². The molecule has 1 heterocycles. The van der Waals surface area contributed by atoms with Gasteiger partial charge in [0.1, 0.15) is 0 Å². The van der Waals surface area contributed by atoms with Gasteiger partial charge in [-0.05, 0) is 57.7 Å². The number of hydrogen-bond acceptors (Lipinski definition) is 2. The van der Waals surface area contributed by atoms with Crippen LogP contribution >= 0.6 is 11.3 Å². The van der Waals surface area contributed by atoms with Gasteiger partial charge in [0.25, 0.3) is 0 Å². The van der Waals surface area contributed by atoms with Crippen molar-refractivity contribution < 1.29 is 0 Å². The number of fused-ring (bicyclic) bond motifs is 1. The van der Waals surface area contributed by atoms with Gasteiger partial charge in [-0.2, -0.15) is 0 Å². The normalized spacial score (nSPS) is 12.6. The van der Waals surface area contributed by atoms with E-state index < -0.39 is 0 Å². The fourth-order valence-corrected chi connectivity index (χ4v) is 3.73. The monoisotopic (exact) mass is 337 g/mol. The standard InChI is InChI=1S/C22H27NS/c1-21(2,3)16-7-10-18(11-8-16)23-20-14-15-13-17(22(4,5)6)9-12-19(15)24-20/h7-14,23H,1-6H3. The van der Waals surface area contributed by atoms with Gasteiger partial charge in [0, 0.05) is 10.4 Å². The van der Waals surface area contributed by atoms with E-state index in [1.807, 2.05) is 11.3 Å². The molecule has 0 bridgehead atoms. The van der Waals surface area contributed by atoms with Crippen molar-refractivity contribution in [3.05, 3.63) is 59.7 Å². The number of rotatable bonds is 2. The summed E-state index contributed by atoms with van der Waals surface area (Å²) in [6, 6.07) is 17.8. The molecule has 0 amide bonds. The van der Waals surface area contributed by atoms with Crippen LogP contribution in [0.2, 0.25) is 0 Å². The second kappa shape index (κ2) is 5.93. The molecular formula is C22H27NS. The quantitative estimate of drug-likeness (QED) is 0.519. The summed E-state index contributed by atoms with van der Waals surface area (Å²) in [7, 11) is 0. The van der Waals surface area contributed by atoms with Crippen molar-refractivity contribution in [2.24, 2.45) is 0 Å². The summed E-state index contributed by atoms with van der Waals surface area (Å²) in [6.07, 6.45) is 0. The maximum atomic E-state index is 3.55. The van der Waals surface area contributed by atoms with Gasteiger partial charge in [0.15, 0.2) is 0 Å². The van der Waals surface area contributed by atoms with Gasteiger partial charge in [-0.25, -0.2) is 0 Å². The van der Waals surface area contributed by atoms with Crippen molar-refractivity contribution in [1.29, 1.82) is 0 Å². The molecule has 1 aromatic heterocycles. The molecule has 3 aromatic rings. The first-order chi connectivity index (χ1) is 11.1. The summed E-state index contributed by atoms with van der Waals surface area (Å²) in [4.78, 5) is 0. The van der Waals surface area contributed by atoms with Crippen molar-refractivity contribution in [3.63, 3.8) is 0 Å². The van der Waals surface area contributed by atoms with Crippen LogP contribution in [0.25, 0.3) is 10.1 Å². The van der Waals surface area contributed by atoms with Crippen LogP contribution in [0.4, 0.5) is 10.7 Å². The van der Waals surface area contributed by atoms with Crippen LogP contribution in [0.3, 0.4) is 0 Å². The van der Waals surface area contributed by atoms with Crippen molar-refractivity contribution in [3.8, 4) is 0 Å². The Bertz CT molecular complexity index is 842. The smallest absolute Gasteiger partial charge is 0.0939 e. The highest BCUT2D eigenvalue weighted by Crippen LogP contribution is 2.35. The molecule has 0 saturated heterocycles. The maximum Gasteiger partial charge on any atom is 0.0939 e. The lowest BCUT2D eigenvalue weighted by Crippen LogP contribution is -2.10. The minimum absolute atomic E-state index is 0.187. The Balaban J connectivity index is 1.85. The van der Waals surface area contributed by atoms with E-state index in [4.69, 9.17) is 0 Å². The SMILES string of the molecule is CC(C)(C)c1ccc(Nc2cc3cc(C(C)(C)C)ccc3s2)cc1. The zero-order valence-corrected chi connectivity index (χ0v) is 16.3. The molecule has 1 N–H and O–H groups in total. The molecule has 0 saturated carbocycles. The number of hydrogen-bond donors (Lipinski definition) is 1. The molecule has 0 atom stereocenters. The predicted octanol–water partition coefficient (Wildman–Crippen LogP) is 7.24. The zero-order chi connectivity index (χ0) is 17.5. The molecular weight excluding hydrogens is 310 g/mol. The highest BCUT2D eigenvalue weighted by atomic mass is 32.1. The van der Waals surface area contributed by atoms with E-state index in [0.29, 0.717) is 0 Å². The topological polar surface area (TPSA) is 12.0 Å². The van der Waals surface area contributed by atoms with Gasteiger partial charge in [-0.1, -0.05) is 59.7 Å². The van der Waals surface area contributed by atoms with Crippen LogP contribution in [0, 0.1) is 0 Å². The van der Waals surface area contributed by atoms with Crippen LogP contribution < -0.4 is 5.32 Å². The molecule has 1 nitrogen and oxygen atoms in total. The first kappa shape index (κ1) is 17.0. The summed E-state index contributed by atoms with van der Waals surface area (Å²) in [6.45, 7) is 13.5.